The van der Waals surface area contributed by atoms with Crippen LogP contribution in [0, 0.1) is 0 Å². The van der Waals surface area contributed by atoms with E-state index < -0.39 is 0 Å². The number of nitrogens with one attached hydrogen (secondary N) is 1. The number of hydrogen-bond acceptors (Lipinski definition) is 3. The van der Waals surface area contributed by atoms with Crippen LogP contribution >= 0.6 is 0 Å². The zero-order valence-corrected chi connectivity index (χ0v) is 10.9. The molecule has 0 unspecified atom stereocenters. The molecular weight excluding hydrogens is 183 g/mol. The molecule has 0 aromatic heterocycles. The van der Waals surface area contributed by atoms with Gasteiger partial charge in [0.25, 0.3) is 22.1 Å². The van der Waals surface area contributed by atoms with Crippen LogP contribution in [0.1, 0.15) is 41.5 Å². The molecule has 0 amide bonds. The Bertz CT molecular complexity index is 183. The zero-order valence-electron chi connectivity index (χ0n) is 10.9. The number of hydrogen-bond donors (Lipinski definition) is 1. The highest BCUT2D eigenvalue weighted by Crippen LogP contribution is 2.20. The van der Waals surface area contributed by atoms with E-state index in [2.05, 4.69) is 71.2 Å². The van der Waals surface area contributed by atoms with Crippen LogP contribution in [0.5, 0.6) is 0 Å². The second kappa shape index (κ2) is 5.42. The highest BCUT2D eigenvalue weighted by molar-refractivity contribution is 6.75. The summed E-state index contributed by atoms with van der Waals surface area (Å²) < 4.78 is 4.79. The Kier molecular flexibility index (Phi) is 4.75. The minimum absolute atomic E-state index is 0.464. The maximum atomic E-state index is 3.23. The fraction of sp³-hybridized carbons (Fsp3) is 1.00. The van der Waals surface area contributed by atoms with Crippen LogP contribution in [0.2, 0.25) is 5.82 Å². The topological polar surface area (TPSA) is 18.5 Å². The van der Waals surface area contributed by atoms with Gasteiger partial charge in [0.15, 0.2) is 0 Å². The molecule has 0 bridgehead atoms. The van der Waals surface area contributed by atoms with Crippen molar-refractivity contribution in [3.8, 4) is 0 Å². The van der Waals surface area contributed by atoms with Crippen LogP contribution < -0.4 is 5.14 Å². The average Bonchev–Trinajstić information content (AvgIpc) is 2.16. The fourth-order valence-electron chi connectivity index (χ4n) is 2.11. The van der Waals surface area contributed by atoms with Crippen molar-refractivity contribution in [3.05, 3.63) is 0 Å². The first-order chi connectivity index (χ1) is 6.95. The van der Waals surface area contributed by atoms with Crippen molar-refractivity contribution >= 4 is 22.1 Å². The Balaban J connectivity index is 2.80. The lowest BCUT2D eigenvalue weighted by Crippen LogP contribution is -2.70. The predicted octanol–water partition coefficient (Wildman–Crippen LogP) is 0.977. The van der Waals surface area contributed by atoms with Crippen LogP contribution in [0.3, 0.4) is 0 Å². The van der Waals surface area contributed by atoms with Crippen LogP contribution in [-0.4, -0.2) is 43.6 Å². The summed E-state index contributed by atoms with van der Waals surface area (Å²) in [5.74, 6) is 0.615. The fourth-order valence-corrected chi connectivity index (χ4v) is 2.11. The van der Waals surface area contributed by atoms with Crippen molar-refractivity contribution in [1.82, 2.24) is 14.6 Å². The summed E-state index contributed by atoms with van der Waals surface area (Å²) in [6, 6.07) is 1.06. The van der Waals surface area contributed by atoms with Gasteiger partial charge in [0.1, 0.15) is 0 Å². The molecule has 15 heavy (non-hydrogen) atoms. The van der Waals surface area contributed by atoms with Gasteiger partial charge in [-0.15, -0.1) is 0 Å². The molecule has 0 aromatic carbocycles. The van der Waals surface area contributed by atoms with Gasteiger partial charge in [-0.2, -0.15) is 0 Å². The summed E-state index contributed by atoms with van der Waals surface area (Å²) in [5, 5.41) is 3.23. The minimum Gasteiger partial charge on any atom is -0.379 e. The quantitative estimate of drug-likeness (QED) is 0.692. The summed E-state index contributed by atoms with van der Waals surface area (Å²) in [4.78, 5) is 0. The molecule has 82 valence electrons. The standard InChI is InChI=1S/C9H22B3N3/c1-7(2)12-14(8(3)4)10-13-11-15(12)9(5)6/h7-9,13H,1-6H3. The Hall–Kier alpha value is 0.0748. The first-order valence-corrected chi connectivity index (χ1v) is 5.92. The molecular formula is C9H22B3N3. The Morgan fingerprint density at radius 1 is 0.867 bits per heavy atom. The van der Waals surface area contributed by atoms with Gasteiger partial charge in [-0.25, -0.2) is 0 Å². The van der Waals surface area contributed by atoms with E-state index in [1.165, 1.54) is 0 Å². The third-order valence-corrected chi connectivity index (χ3v) is 2.85. The molecule has 0 atom stereocenters. The van der Waals surface area contributed by atoms with Crippen LogP contribution in [-0.2, 0) is 0 Å². The maximum Gasteiger partial charge on any atom is 0.292 e. The normalized spacial score (nSPS) is 19.9. The molecule has 1 rings (SSSR count). The SMILES string of the molecule is CC(C)B1N(C(C)C)[B]N[B]N1C(C)C. The molecule has 1 N–H and O–H groups in total. The van der Waals surface area contributed by atoms with Crippen LogP contribution in [0.4, 0.5) is 0 Å². The maximum absolute atomic E-state index is 3.23. The lowest BCUT2D eigenvalue weighted by Gasteiger charge is -2.47. The minimum atomic E-state index is 0.464. The molecule has 2 radical (unpaired) electrons. The molecule has 3 nitrogen and oxygen atoms in total. The molecule has 1 saturated heterocycles. The monoisotopic (exact) mass is 205 g/mol. The highest BCUT2D eigenvalue weighted by Gasteiger charge is 2.39. The number of rotatable bonds is 3. The summed E-state index contributed by atoms with van der Waals surface area (Å²) in [6.45, 7) is 14.0. The Labute approximate surface area is 96.7 Å². The van der Waals surface area contributed by atoms with E-state index in [4.69, 9.17) is 0 Å². The van der Waals surface area contributed by atoms with Crippen molar-refractivity contribution in [1.29, 1.82) is 0 Å². The molecule has 1 aliphatic heterocycles. The molecule has 0 aromatic rings. The van der Waals surface area contributed by atoms with Crippen molar-refractivity contribution < 1.29 is 0 Å². The predicted molar refractivity (Wildman–Crippen MR) is 69.4 cm³/mol. The van der Waals surface area contributed by atoms with Gasteiger partial charge in [0.2, 0.25) is 0 Å². The summed E-state index contributed by atoms with van der Waals surface area (Å²) >= 11 is 0. The van der Waals surface area contributed by atoms with Gasteiger partial charge in [0, 0.05) is 0 Å². The molecule has 1 fully saturated rings. The molecule has 6 heteroatoms. The molecule has 0 saturated carbocycles. The second-order valence-corrected chi connectivity index (χ2v) is 5.16. The van der Waals surface area contributed by atoms with Gasteiger partial charge in [0.05, 0.1) is 0 Å². The van der Waals surface area contributed by atoms with E-state index >= 15 is 0 Å². The highest BCUT2D eigenvalue weighted by atomic mass is 15.2. The smallest absolute Gasteiger partial charge is 0.292 e. The Morgan fingerprint density at radius 3 is 1.53 bits per heavy atom. The molecule has 1 aliphatic rings. The van der Waals surface area contributed by atoms with Gasteiger partial charge in [-0.1, -0.05) is 41.5 Å². The van der Waals surface area contributed by atoms with E-state index in [-0.39, 0.29) is 0 Å². The lowest BCUT2D eigenvalue weighted by atomic mass is 9.50. The second-order valence-electron chi connectivity index (χ2n) is 5.16. The largest absolute Gasteiger partial charge is 0.379 e. The third kappa shape index (κ3) is 3.02. The lowest BCUT2D eigenvalue weighted by molar-refractivity contribution is 0.423. The van der Waals surface area contributed by atoms with E-state index in [0.29, 0.717) is 24.9 Å². The van der Waals surface area contributed by atoms with E-state index in [0.717, 1.165) is 0 Å². The first kappa shape index (κ1) is 13.1. The van der Waals surface area contributed by atoms with Crippen molar-refractivity contribution in [3.63, 3.8) is 0 Å². The van der Waals surface area contributed by atoms with Crippen molar-refractivity contribution in [2.75, 3.05) is 0 Å². The van der Waals surface area contributed by atoms with Gasteiger partial charge >= 0.3 is 0 Å². The first-order valence-electron chi connectivity index (χ1n) is 5.92. The number of nitrogens with zero attached hydrogens (tertiary/aromatic N) is 2. The van der Waals surface area contributed by atoms with Crippen molar-refractivity contribution in [2.45, 2.75) is 59.4 Å². The van der Waals surface area contributed by atoms with Crippen LogP contribution in [0.15, 0.2) is 0 Å². The summed E-state index contributed by atoms with van der Waals surface area (Å²) in [6.07, 6.45) is 0. The van der Waals surface area contributed by atoms with E-state index in [9.17, 15) is 0 Å². The zero-order chi connectivity index (χ0) is 11.6. The third-order valence-electron chi connectivity index (χ3n) is 2.85. The molecule has 0 spiro atoms. The van der Waals surface area contributed by atoms with E-state index in [1.807, 2.05) is 0 Å². The molecule has 1 heterocycles. The Morgan fingerprint density at radius 2 is 1.27 bits per heavy atom. The van der Waals surface area contributed by atoms with Crippen LogP contribution in [0.25, 0.3) is 0 Å². The molecule has 0 aliphatic carbocycles. The van der Waals surface area contributed by atoms with E-state index in [1.54, 1.807) is 0 Å². The van der Waals surface area contributed by atoms with Gasteiger partial charge < -0.3 is 14.6 Å². The van der Waals surface area contributed by atoms with Crippen molar-refractivity contribution in [2.24, 2.45) is 0 Å². The van der Waals surface area contributed by atoms with Gasteiger partial charge in [-0.05, 0) is 17.9 Å². The van der Waals surface area contributed by atoms with Gasteiger partial charge in [-0.3, -0.25) is 0 Å². The summed E-state index contributed by atoms with van der Waals surface area (Å²) in [7, 11) is 4.18. The summed E-state index contributed by atoms with van der Waals surface area (Å²) in [5.41, 5.74) is 0. The average molecular weight is 205 g/mol.